The Morgan fingerprint density at radius 3 is 2.73 bits per heavy atom. The van der Waals surface area contributed by atoms with Crippen molar-refractivity contribution in [3.8, 4) is 0 Å². The fraction of sp³-hybridized carbons (Fsp3) is 0.600. The molecule has 1 aliphatic rings. The molecule has 0 aromatic carbocycles. The molecule has 0 amide bonds. The van der Waals surface area contributed by atoms with Gasteiger partial charge in [-0.3, -0.25) is 0 Å². The van der Waals surface area contributed by atoms with Crippen LogP contribution in [0.25, 0.3) is 0 Å². The van der Waals surface area contributed by atoms with E-state index in [1.165, 1.54) is 12.8 Å². The molecular weight excluding hydrogens is 152 g/mol. The summed E-state index contributed by atoms with van der Waals surface area (Å²) in [5.41, 5.74) is 0.574. The van der Waals surface area contributed by atoms with Gasteiger partial charge in [0.05, 0.1) is 0 Å². The zero-order valence-electron chi connectivity index (χ0n) is 7.13. The molecule has 60 valence electrons. The molecule has 1 aromatic heterocycles. The first-order valence-corrected chi connectivity index (χ1v) is 5.11. The van der Waals surface area contributed by atoms with Crippen LogP contribution < -0.4 is 0 Å². The van der Waals surface area contributed by atoms with Gasteiger partial charge < -0.3 is 0 Å². The molecule has 0 bridgehead atoms. The van der Waals surface area contributed by atoms with E-state index in [2.05, 4.69) is 31.4 Å². The van der Waals surface area contributed by atoms with E-state index in [0.29, 0.717) is 5.41 Å². The van der Waals surface area contributed by atoms with Gasteiger partial charge in [-0.1, -0.05) is 19.9 Å². The van der Waals surface area contributed by atoms with Gasteiger partial charge in [0.2, 0.25) is 0 Å². The topological polar surface area (TPSA) is 0 Å². The molecule has 1 aliphatic carbocycles. The van der Waals surface area contributed by atoms with Crippen LogP contribution in [0.1, 0.15) is 37.5 Å². The second-order valence-electron chi connectivity index (χ2n) is 4.10. The van der Waals surface area contributed by atoms with Gasteiger partial charge in [-0.05, 0) is 35.6 Å². The Morgan fingerprint density at radius 1 is 1.55 bits per heavy atom. The molecule has 0 nitrogen and oxygen atoms in total. The van der Waals surface area contributed by atoms with E-state index in [1.54, 1.807) is 4.88 Å². The van der Waals surface area contributed by atoms with Gasteiger partial charge in [0.1, 0.15) is 0 Å². The predicted octanol–water partition coefficient (Wildman–Crippen LogP) is 3.65. The summed E-state index contributed by atoms with van der Waals surface area (Å²) in [4.78, 5) is 1.58. The maximum absolute atomic E-state index is 2.38. The summed E-state index contributed by atoms with van der Waals surface area (Å²) in [6.07, 6.45) is 2.79. The second-order valence-corrected chi connectivity index (χ2v) is 5.07. The van der Waals surface area contributed by atoms with E-state index in [0.717, 1.165) is 5.92 Å². The highest BCUT2D eigenvalue weighted by Gasteiger charge is 2.39. The molecule has 0 aliphatic heterocycles. The first-order chi connectivity index (χ1) is 5.20. The van der Waals surface area contributed by atoms with Crippen LogP contribution in [0.4, 0.5) is 0 Å². The fourth-order valence-electron chi connectivity index (χ4n) is 1.88. The van der Waals surface area contributed by atoms with Gasteiger partial charge in [0, 0.05) is 4.88 Å². The molecule has 1 unspecified atom stereocenters. The lowest BCUT2D eigenvalue weighted by atomic mass is 9.62. The Balaban J connectivity index is 2.20. The SMILES string of the molecule is CC1(C)CCC1c1cccs1. The van der Waals surface area contributed by atoms with Gasteiger partial charge in [-0.2, -0.15) is 0 Å². The zero-order chi connectivity index (χ0) is 7.90. The first-order valence-electron chi connectivity index (χ1n) is 4.23. The number of hydrogen-bond acceptors (Lipinski definition) is 1. The highest BCUT2D eigenvalue weighted by atomic mass is 32.1. The summed E-state index contributed by atoms with van der Waals surface area (Å²) in [6, 6.07) is 4.44. The molecular formula is C10H14S. The lowest BCUT2D eigenvalue weighted by molar-refractivity contribution is 0.142. The third-order valence-corrected chi connectivity index (χ3v) is 3.89. The quantitative estimate of drug-likeness (QED) is 0.597. The molecule has 0 radical (unpaired) electrons. The van der Waals surface area contributed by atoms with Crippen molar-refractivity contribution in [3.63, 3.8) is 0 Å². The Labute approximate surface area is 72.3 Å². The average Bonchev–Trinajstić information content (AvgIpc) is 2.38. The van der Waals surface area contributed by atoms with Gasteiger partial charge in [-0.25, -0.2) is 0 Å². The molecule has 0 spiro atoms. The van der Waals surface area contributed by atoms with Crippen molar-refractivity contribution in [1.82, 2.24) is 0 Å². The lowest BCUT2D eigenvalue weighted by Crippen LogP contribution is -2.31. The molecule has 0 saturated heterocycles. The van der Waals surface area contributed by atoms with E-state index >= 15 is 0 Å². The van der Waals surface area contributed by atoms with Crippen LogP contribution >= 0.6 is 11.3 Å². The summed E-state index contributed by atoms with van der Waals surface area (Å²) in [5.74, 6) is 0.850. The summed E-state index contributed by atoms with van der Waals surface area (Å²) >= 11 is 1.91. The van der Waals surface area contributed by atoms with Crippen LogP contribution in [0.15, 0.2) is 17.5 Å². The van der Waals surface area contributed by atoms with Crippen LogP contribution in [-0.4, -0.2) is 0 Å². The van der Waals surface area contributed by atoms with E-state index in [9.17, 15) is 0 Å². The highest BCUT2D eigenvalue weighted by Crippen LogP contribution is 2.53. The predicted molar refractivity (Wildman–Crippen MR) is 50.1 cm³/mol. The molecule has 1 aromatic rings. The zero-order valence-corrected chi connectivity index (χ0v) is 7.95. The van der Waals surface area contributed by atoms with Crippen LogP contribution in [0.5, 0.6) is 0 Å². The maximum atomic E-state index is 2.38. The summed E-state index contributed by atoms with van der Waals surface area (Å²) < 4.78 is 0. The standard InChI is InChI=1S/C10H14S/c1-10(2)6-5-8(10)9-4-3-7-11-9/h3-4,7-8H,5-6H2,1-2H3. The third-order valence-electron chi connectivity index (χ3n) is 2.91. The normalized spacial score (nSPS) is 28.0. The molecule has 1 saturated carbocycles. The van der Waals surface area contributed by atoms with Crippen molar-refractivity contribution >= 4 is 11.3 Å². The van der Waals surface area contributed by atoms with Gasteiger partial charge in [0.25, 0.3) is 0 Å². The molecule has 0 N–H and O–H groups in total. The van der Waals surface area contributed by atoms with Crippen molar-refractivity contribution in [2.75, 3.05) is 0 Å². The third kappa shape index (κ3) is 1.12. The Bertz CT molecular complexity index is 233. The van der Waals surface area contributed by atoms with Crippen molar-refractivity contribution in [2.45, 2.75) is 32.6 Å². The minimum atomic E-state index is 0.574. The summed E-state index contributed by atoms with van der Waals surface area (Å²) in [7, 11) is 0. The van der Waals surface area contributed by atoms with Gasteiger partial charge in [0.15, 0.2) is 0 Å². The molecule has 1 fully saturated rings. The van der Waals surface area contributed by atoms with Crippen LogP contribution in [0, 0.1) is 5.41 Å². The number of thiophene rings is 1. The van der Waals surface area contributed by atoms with Crippen LogP contribution in [0.2, 0.25) is 0 Å². The number of hydrogen-bond donors (Lipinski definition) is 0. The summed E-state index contributed by atoms with van der Waals surface area (Å²) in [6.45, 7) is 4.75. The largest absolute Gasteiger partial charge is 0.149 e. The molecule has 1 heterocycles. The average molecular weight is 166 g/mol. The number of rotatable bonds is 1. The van der Waals surface area contributed by atoms with Crippen molar-refractivity contribution in [3.05, 3.63) is 22.4 Å². The fourth-order valence-corrected chi connectivity index (χ4v) is 2.96. The van der Waals surface area contributed by atoms with E-state index in [-0.39, 0.29) is 0 Å². The molecule has 1 heteroatoms. The lowest BCUT2D eigenvalue weighted by Gasteiger charge is -2.44. The van der Waals surface area contributed by atoms with Crippen molar-refractivity contribution in [2.24, 2.45) is 5.41 Å². The Morgan fingerprint density at radius 2 is 2.36 bits per heavy atom. The Kier molecular flexibility index (Phi) is 1.57. The van der Waals surface area contributed by atoms with Gasteiger partial charge >= 0.3 is 0 Å². The Hall–Kier alpha value is -0.300. The minimum Gasteiger partial charge on any atom is -0.149 e. The molecule has 11 heavy (non-hydrogen) atoms. The van der Waals surface area contributed by atoms with E-state index in [1.807, 2.05) is 11.3 Å². The maximum Gasteiger partial charge on any atom is 0.00815 e. The smallest absolute Gasteiger partial charge is 0.00815 e. The van der Waals surface area contributed by atoms with Crippen LogP contribution in [0.3, 0.4) is 0 Å². The molecule has 1 atom stereocenters. The monoisotopic (exact) mass is 166 g/mol. The van der Waals surface area contributed by atoms with Crippen molar-refractivity contribution in [1.29, 1.82) is 0 Å². The van der Waals surface area contributed by atoms with E-state index in [4.69, 9.17) is 0 Å². The first kappa shape index (κ1) is 7.35. The van der Waals surface area contributed by atoms with Crippen molar-refractivity contribution < 1.29 is 0 Å². The minimum absolute atomic E-state index is 0.574. The van der Waals surface area contributed by atoms with E-state index < -0.39 is 0 Å². The highest BCUT2D eigenvalue weighted by molar-refractivity contribution is 7.10. The second kappa shape index (κ2) is 2.34. The van der Waals surface area contributed by atoms with Gasteiger partial charge in [-0.15, -0.1) is 11.3 Å². The van der Waals surface area contributed by atoms with Crippen LogP contribution in [-0.2, 0) is 0 Å². The summed E-state index contributed by atoms with van der Waals surface area (Å²) in [5, 5.41) is 2.18. The molecule has 2 rings (SSSR count).